The summed E-state index contributed by atoms with van der Waals surface area (Å²) in [6.45, 7) is 2.99. The molecule has 0 unspecified atom stereocenters. The molecule has 0 amide bonds. The Morgan fingerprint density at radius 1 is 0.962 bits per heavy atom. The molecule has 0 aliphatic carbocycles. The van der Waals surface area contributed by atoms with Crippen LogP contribution >= 0.6 is 0 Å². The number of nitrogens with zero attached hydrogens (tertiary/aromatic N) is 3. The van der Waals surface area contributed by atoms with E-state index in [0.29, 0.717) is 12.0 Å². The molecule has 3 rings (SSSR count). The van der Waals surface area contributed by atoms with Crippen molar-refractivity contribution in [3.63, 3.8) is 0 Å². The van der Waals surface area contributed by atoms with Crippen LogP contribution in [0.3, 0.4) is 0 Å². The molecular weight excluding hydrogens is 334 g/mol. The van der Waals surface area contributed by atoms with Gasteiger partial charge in [0.1, 0.15) is 6.54 Å². The summed E-state index contributed by atoms with van der Waals surface area (Å²) in [7, 11) is 0. The van der Waals surface area contributed by atoms with E-state index in [2.05, 4.69) is 11.5 Å². The van der Waals surface area contributed by atoms with Gasteiger partial charge in [-0.3, -0.25) is 20.2 Å². The van der Waals surface area contributed by atoms with E-state index in [-0.39, 0.29) is 11.4 Å². The summed E-state index contributed by atoms with van der Waals surface area (Å²) in [6.07, 6.45) is 3.32. The van der Waals surface area contributed by atoms with Crippen LogP contribution in [0.1, 0.15) is 24.5 Å². The minimum Gasteiger partial charge on any atom is -0.258 e. The maximum absolute atomic E-state index is 11.4. The average Bonchev–Trinajstić information content (AvgIpc) is 2.63. The molecule has 0 fully saturated rings. The van der Waals surface area contributed by atoms with Crippen molar-refractivity contribution in [3.05, 3.63) is 86.1 Å². The van der Waals surface area contributed by atoms with Crippen molar-refractivity contribution < 1.29 is 14.4 Å². The summed E-state index contributed by atoms with van der Waals surface area (Å²) in [5, 5.41) is 23.3. The van der Waals surface area contributed by atoms with Crippen LogP contribution in [-0.4, -0.2) is 9.85 Å². The van der Waals surface area contributed by atoms with Gasteiger partial charge in [0.15, 0.2) is 6.20 Å². The Hall–Kier alpha value is -3.35. The van der Waals surface area contributed by atoms with Gasteiger partial charge in [-0.15, -0.1) is 0 Å². The molecule has 0 saturated carbocycles. The topological polar surface area (TPSA) is 90.2 Å². The third kappa shape index (κ3) is 3.37. The van der Waals surface area contributed by atoms with Crippen LogP contribution in [0.5, 0.6) is 0 Å². The standard InChI is InChI=1S/C19H18N3O4/c1-2-10-20-11-9-14(17-5-3-4-6-18(17)20)12-15-7-8-16(21(23)24)13-19(15)22(25)26/h3-9,11,13H,2,10,12H2,1H3/q+1. The molecule has 0 atom stereocenters. The van der Waals surface area contributed by atoms with Crippen LogP contribution in [0.4, 0.5) is 11.4 Å². The molecule has 0 spiro atoms. The van der Waals surface area contributed by atoms with Gasteiger partial charge in [-0.25, -0.2) is 0 Å². The van der Waals surface area contributed by atoms with E-state index in [1.165, 1.54) is 12.1 Å². The van der Waals surface area contributed by atoms with Gasteiger partial charge in [-0.1, -0.05) is 19.1 Å². The Morgan fingerprint density at radius 3 is 2.42 bits per heavy atom. The molecule has 1 aromatic heterocycles. The van der Waals surface area contributed by atoms with Gasteiger partial charge in [0.2, 0.25) is 5.52 Å². The van der Waals surface area contributed by atoms with Crippen molar-refractivity contribution in [1.29, 1.82) is 0 Å². The zero-order chi connectivity index (χ0) is 18.7. The number of aryl methyl sites for hydroxylation is 1. The molecular formula is C19H18N3O4+. The van der Waals surface area contributed by atoms with Crippen LogP contribution in [-0.2, 0) is 13.0 Å². The van der Waals surface area contributed by atoms with E-state index in [9.17, 15) is 20.2 Å². The number of nitro groups is 2. The smallest absolute Gasteiger partial charge is 0.258 e. The lowest BCUT2D eigenvalue weighted by molar-refractivity contribution is -0.671. The fraction of sp³-hybridized carbons (Fsp3) is 0.211. The number of non-ortho nitro benzene ring substituents is 1. The molecule has 0 bridgehead atoms. The number of fused-ring (bicyclic) bond motifs is 1. The van der Waals surface area contributed by atoms with Crippen LogP contribution in [0, 0.1) is 20.2 Å². The maximum Gasteiger partial charge on any atom is 0.279 e. The first-order valence-corrected chi connectivity index (χ1v) is 8.33. The fourth-order valence-corrected chi connectivity index (χ4v) is 3.13. The molecule has 0 saturated heterocycles. The minimum atomic E-state index is -0.623. The lowest BCUT2D eigenvalue weighted by atomic mass is 9.99. The van der Waals surface area contributed by atoms with Gasteiger partial charge in [-0.05, 0) is 17.7 Å². The second-order valence-corrected chi connectivity index (χ2v) is 6.06. The third-order valence-electron chi connectivity index (χ3n) is 4.34. The molecule has 2 aromatic carbocycles. The van der Waals surface area contributed by atoms with E-state index in [0.717, 1.165) is 35.5 Å². The molecule has 7 heteroatoms. The first kappa shape index (κ1) is 17.5. The Bertz CT molecular complexity index is 1000. The van der Waals surface area contributed by atoms with Crippen molar-refractivity contribution in [2.45, 2.75) is 26.3 Å². The lowest BCUT2D eigenvalue weighted by Gasteiger charge is -2.07. The van der Waals surface area contributed by atoms with Crippen LogP contribution in [0.2, 0.25) is 0 Å². The molecule has 0 N–H and O–H groups in total. The van der Waals surface area contributed by atoms with E-state index < -0.39 is 9.85 Å². The van der Waals surface area contributed by atoms with Gasteiger partial charge < -0.3 is 0 Å². The molecule has 26 heavy (non-hydrogen) atoms. The summed E-state index contributed by atoms with van der Waals surface area (Å²) >= 11 is 0. The molecule has 0 aliphatic rings. The first-order chi connectivity index (χ1) is 12.5. The second-order valence-electron chi connectivity index (χ2n) is 6.06. The number of aromatic nitrogens is 1. The summed E-state index contributed by atoms with van der Waals surface area (Å²) in [6, 6.07) is 13.7. The van der Waals surface area contributed by atoms with Gasteiger partial charge in [0.25, 0.3) is 11.4 Å². The molecule has 1 heterocycles. The Morgan fingerprint density at radius 2 is 1.73 bits per heavy atom. The van der Waals surface area contributed by atoms with E-state index in [1.54, 1.807) is 0 Å². The number of rotatable bonds is 6. The van der Waals surface area contributed by atoms with Crippen molar-refractivity contribution in [2.24, 2.45) is 0 Å². The first-order valence-electron chi connectivity index (χ1n) is 8.33. The molecule has 7 nitrogen and oxygen atoms in total. The highest BCUT2D eigenvalue weighted by atomic mass is 16.6. The number of benzene rings is 2. The number of hydrogen-bond acceptors (Lipinski definition) is 4. The van der Waals surface area contributed by atoms with Gasteiger partial charge in [0, 0.05) is 42.0 Å². The summed E-state index contributed by atoms with van der Waals surface area (Å²) < 4.78 is 2.16. The number of nitro benzene ring substituents is 2. The van der Waals surface area contributed by atoms with Crippen molar-refractivity contribution in [3.8, 4) is 0 Å². The highest BCUT2D eigenvalue weighted by molar-refractivity contribution is 5.79. The zero-order valence-corrected chi connectivity index (χ0v) is 14.3. The number of hydrogen-bond donors (Lipinski definition) is 0. The average molecular weight is 352 g/mol. The molecule has 3 aromatic rings. The van der Waals surface area contributed by atoms with E-state index in [1.807, 2.05) is 36.5 Å². The Kier molecular flexibility index (Phi) is 4.88. The maximum atomic E-state index is 11.4. The zero-order valence-electron chi connectivity index (χ0n) is 14.3. The lowest BCUT2D eigenvalue weighted by Crippen LogP contribution is -2.34. The molecule has 0 aliphatic heterocycles. The highest BCUT2D eigenvalue weighted by Crippen LogP contribution is 2.28. The van der Waals surface area contributed by atoms with Gasteiger partial charge in [0.05, 0.1) is 15.9 Å². The molecule has 0 radical (unpaired) electrons. The largest absolute Gasteiger partial charge is 0.279 e. The third-order valence-corrected chi connectivity index (χ3v) is 4.34. The summed E-state index contributed by atoms with van der Waals surface area (Å²) in [5.41, 5.74) is 1.97. The second kappa shape index (κ2) is 7.26. The fourth-order valence-electron chi connectivity index (χ4n) is 3.13. The number of pyridine rings is 1. The number of para-hydroxylation sites is 1. The van der Waals surface area contributed by atoms with Gasteiger partial charge in [-0.2, -0.15) is 4.57 Å². The predicted octanol–water partition coefficient (Wildman–Crippen LogP) is 3.94. The minimum absolute atomic E-state index is 0.228. The monoisotopic (exact) mass is 352 g/mol. The van der Waals surface area contributed by atoms with Crippen molar-refractivity contribution in [1.82, 2.24) is 0 Å². The Balaban J connectivity index is 2.08. The van der Waals surface area contributed by atoms with Crippen LogP contribution < -0.4 is 4.57 Å². The quantitative estimate of drug-likeness (QED) is 0.382. The van der Waals surface area contributed by atoms with Crippen LogP contribution in [0.15, 0.2) is 54.7 Å². The summed E-state index contributed by atoms with van der Waals surface area (Å²) in [5.74, 6) is 0. The van der Waals surface area contributed by atoms with Crippen LogP contribution in [0.25, 0.3) is 10.9 Å². The Labute approximate surface area is 149 Å². The highest BCUT2D eigenvalue weighted by Gasteiger charge is 2.21. The van der Waals surface area contributed by atoms with E-state index >= 15 is 0 Å². The predicted molar refractivity (Wildman–Crippen MR) is 97.0 cm³/mol. The molecule has 132 valence electrons. The normalized spacial score (nSPS) is 10.8. The van der Waals surface area contributed by atoms with Crippen molar-refractivity contribution in [2.75, 3.05) is 0 Å². The van der Waals surface area contributed by atoms with Crippen molar-refractivity contribution >= 4 is 22.3 Å². The SMILES string of the molecule is CCC[n+]1ccc(Cc2ccc([N+](=O)[O-])cc2[N+](=O)[O-])c2ccccc21. The van der Waals surface area contributed by atoms with E-state index in [4.69, 9.17) is 0 Å². The van der Waals surface area contributed by atoms with Gasteiger partial charge >= 0.3 is 0 Å². The summed E-state index contributed by atoms with van der Waals surface area (Å²) in [4.78, 5) is 21.1.